The van der Waals surface area contributed by atoms with Crippen LogP contribution in [-0.4, -0.2) is 4.57 Å². The minimum Gasteiger partial charge on any atom is -0.457 e. The summed E-state index contributed by atoms with van der Waals surface area (Å²) in [6.07, 6.45) is 0. The van der Waals surface area contributed by atoms with Gasteiger partial charge in [-0.2, -0.15) is 0 Å². The second kappa shape index (κ2) is 21.8. The molecule has 0 bridgehead atoms. The summed E-state index contributed by atoms with van der Waals surface area (Å²) >= 11 is 1.89. The molecule has 0 amide bonds. The summed E-state index contributed by atoms with van der Waals surface area (Å²) in [5.74, 6) is 1.54. The van der Waals surface area contributed by atoms with E-state index in [1.807, 2.05) is 11.3 Å². The number of hydrogen-bond donors (Lipinski definition) is 0. The summed E-state index contributed by atoms with van der Waals surface area (Å²) in [5, 5.41) is 5.05. The van der Waals surface area contributed by atoms with Gasteiger partial charge in [0.1, 0.15) is 11.5 Å². The lowest BCUT2D eigenvalue weighted by Gasteiger charge is -2.43. The monoisotopic (exact) mass is 1260 g/mol. The molecule has 476 valence electrons. The number of aromatic nitrogens is 1. The van der Waals surface area contributed by atoms with E-state index >= 15 is 0 Å². The van der Waals surface area contributed by atoms with Crippen molar-refractivity contribution in [3.8, 4) is 61.7 Å². The van der Waals surface area contributed by atoms with Crippen molar-refractivity contribution < 1.29 is 4.74 Å². The van der Waals surface area contributed by atoms with Gasteiger partial charge in [-0.05, 0) is 178 Å². The van der Waals surface area contributed by atoms with Crippen LogP contribution in [0, 0.1) is 0 Å². The van der Waals surface area contributed by atoms with E-state index in [1.165, 1.54) is 103 Å². The van der Waals surface area contributed by atoms with E-state index in [0.717, 1.165) is 67.6 Å². The number of benzene rings is 11. The molecule has 1 unspecified atom stereocenters. The van der Waals surface area contributed by atoms with Crippen molar-refractivity contribution in [2.45, 2.75) is 163 Å². The predicted molar refractivity (Wildman–Crippen MR) is 410 cm³/mol. The van der Waals surface area contributed by atoms with Gasteiger partial charge in [-0.15, -0.1) is 11.3 Å². The van der Waals surface area contributed by atoms with Crippen LogP contribution in [0.25, 0.3) is 92.2 Å². The van der Waals surface area contributed by atoms with E-state index in [-0.39, 0.29) is 38.4 Å². The van der Waals surface area contributed by atoms with E-state index in [4.69, 9.17) is 4.74 Å². The third-order valence-electron chi connectivity index (χ3n) is 20.5. The van der Waals surface area contributed by atoms with Crippen molar-refractivity contribution in [2.75, 3.05) is 4.90 Å². The van der Waals surface area contributed by atoms with Crippen LogP contribution in [0.1, 0.15) is 181 Å². The van der Waals surface area contributed by atoms with Gasteiger partial charge in [-0.1, -0.05) is 264 Å². The summed E-state index contributed by atoms with van der Waals surface area (Å²) in [6, 6.07) is 82.5. The maximum absolute atomic E-state index is 7.69. The number of nitrogens with zero attached hydrogens (tertiary/aromatic N) is 2. The molecule has 0 saturated heterocycles. The highest BCUT2D eigenvalue weighted by Gasteiger charge is 2.43. The second-order valence-electron chi connectivity index (χ2n) is 33.5. The largest absolute Gasteiger partial charge is 0.457 e. The normalized spacial score (nSPS) is 14.4. The Morgan fingerprint density at radius 3 is 1.39 bits per heavy atom. The maximum Gasteiger partial charge on any atom is 0.134 e. The molecule has 11 aromatic carbocycles. The Labute approximate surface area is 568 Å². The average Bonchev–Trinajstić information content (AvgIpc) is 1.42. The average molecular weight is 1260 g/mol. The van der Waals surface area contributed by atoms with Crippen molar-refractivity contribution >= 4 is 70.4 Å². The van der Waals surface area contributed by atoms with Gasteiger partial charge in [-0.3, -0.25) is 0 Å². The topological polar surface area (TPSA) is 17.4 Å². The summed E-state index contributed by atoms with van der Waals surface area (Å²) in [7, 11) is 0. The first-order chi connectivity index (χ1) is 44.9. The van der Waals surface area contributed by atoms with Crippen LogP contribution < -0.4 is 9.64 Å². The van der Waals surface area contributed by atoms with Gasteiger partial charge in [0.15, 0.2) is 0 Å². The molecule has 2 aromatic heterocycles. The molecule has 0 N–H and O–H groups in total. The smallest absolute Gasteiger partial charge is 0.134 e. The van der Waals surface area contributed by atoms with Crippen LogP contribution in [0.3, 0.4) is 0 Å². The first-order valence-corrected chi connectivity index (χ1v) is 35.1. The summed E-state index contributed by atoms with van der Waals surface area (Å²) < 4.78 is 12.8. The summed E-state index contributed by atoms with van der Waals surface area (Å²) in [4.78, 5) is 2.70. The van der Waals surface area contributed by atoms with E-state index < -0.39 is 0 Å². The molecule has 2 aliphatic rings. The minimum absolute atomic E-state index is 0.0456. The Bertz CT molecular complexity index is 5120. The van der Waals surface area contributed by atoms with Crippen molar-refractivity contribution in [3.05, 3.63) is 262 Å². The number of thiophene rings is 1. The molecule has 15 rings (SSSR count). The third-order valence-corrected chi connectivity index (χ3v) is 21.6. The van der Waals surface area contributed by atoms with Crippen LogP contribution >= 0.6 is 11.3 Å². The Kier molecular flexibility index (Phi) is 14.3. The Morgan fingerprint density at radius 2 is 0.842 bits per heavy atom. The molecule has 0 saturated carbocycles. The van der Waals surface area contributed by atoms with Crippen molar-refractivity contribution in [1.82, 2.24) is 4.57 Å². The molecular weight excluding hydrogens is 1170 g/mol. The number of hydrogen-bond acceptors (Lipinski definition) is 3. The fourth-order valence-electron chi connectivity index (χ4n) is 14.8. The van der Waals surface area contributed by atoms with Gasteiger partial charge in [0.2, 0.25) is 0 Å². The van der Waals surface area contributed by atoms with Crippen LogP contribution in [-0.2, 0) is 32.5 Å². The summed E-state index contributed by atoms with van der Waals surface area (Å²) in [6.45, 7) is 42.1. The molecule has 0 fully saturated rings. The first-order valence-electron chi connectivity index (χ1n) is 34.3. The van der Waals surface area contributed by atoms with Crippen molar-refractivity contribution in [2.24, 2.45) is 0 Å². The highest BCUT2D eigenvalue weighted by molar-refractivity contribution is 7.26. The maximum atomic E-state index is 7.69. The number of fused-ring (bicyclic) bond motifs is 10. The van der Waals surface area contributed by atoms with Gasteiger partial charge < -0.3 is 14.2 Å². The molecule has 0 aliphatic carbocycles. The van der Waals surface area contributed by atoms with Crippen LogP contribution in [0.2, 0.25) is 0 Å². The zero-order chi connectivity index (χ0) is 66.8. The first kappa shape index (κ1) is 62.2. The van der Waals surface area contributed by atoms with Gasteiger partial charge in [0.05, 0.1) is 28.1 Å². The van der Waals surface area contributed by atoms with E-state index in [9.17, 15) is 0 Å². The number of rotatable bonds is 6. The van der Waals surface area contributed by atoms with Crippen molar-refractivity contribution in [3.63, 3.8) is 0 Å². The van der Waals surface area contributed by atoms with E-state index in [2.05, 4.69) is 346 Å². The van der Waals surface area contributed by atoms with E-state index in [0.29, 0.717) is 0 Å². The SMILES string of the molecule is CC(C)(C)c1cc(-c2ccc3c(c2)C2c4ccc(-n5c6ccc(C(C)(C)C)cc6c6cc(C(C)(C)C)ccc65)cc4N(c4c(-c5ccccc5)cc5sc6ccccc6c5c4-c4ccccc4)c4cc(-c5cc(C(C)(C)C)cc(C(C)(C)C)c5)cc(c42)O3)cc(C(C)(C)C)c1. The Morgan fingerprint density at radius 1 is 0.337 bits per heavy atom. The Hall–Kier alpha value is -8.96. The zero-order valence-electron chi connectivity index (χ0n) is 59.0. The van der Waals surface area contributed by atoms with Gasteiger partial charge in [0, 0.05) is 64.8 Å². The third kappa shape index (κ3) is 10.7. The van der Waals surface area contributed by atoms with Gasteiger partial charge in [-0.25, -0.2) is 0 Å². The highest BCUT2D eigenvalue weighted by atomic mass is 32.1. The van der Waals surface area contributed by atoms with Gasteiger partial charge >= 0.3 is 0 Å². The van der Waals surface area contributed by atoms with Crippen LogP contribution in [0.5, 0.6) is 11.5 Å². The standard InChI is InChI=1S/C91H90N2OS/c1-86(2,3)60-34-38-73-70(50-60)71-51-61(87(4,5)6)35-39-74(71)92(73)66-36-37-67-75(52-66)93(85-69(54-27-21-19-22-28-54)53-80-83(68-31-25-26-32-79(68)95-80)81(85)55-29-23-20-24-30-55)76-46-59(58-43-64(90(13,14)15)49-65(44-58)91(16,17)18)47-78-84(76)82(67)72-45-56(33-40-77(72)94-78)57-41-62(88(7,8)9)48-63(42-57)89(10,11)12/h19-53,82H,1-18H3. The molecule has 13 aromatic rings. The fraction of sp³-hybridized carbons (Fsp3) is 0.275. The molecule has 2 aliphatic heterocycles. The molecule has 95 heavy (non-hydrogen) atoms. The lowest BCUT2D eigenvalue weighted by molar-refractivity contribution is 0.453. The van der Waals surface area contributed by atoms with Gasteiger partial charge in [0.25, 0.3) is 0 Å². The quantitative estimate of drug-likeness (QED) is 0.165. The fourth-order valence-corrected chi connectivity index (χ4v) is 16.0. The minimum atomic E-state index is -0.218. The molecule has 1 atom stereocenters. The lowest BCUT2D eigenvalue weighted by Crippen LogP contribution is -2.26. The zero-order valence-corrected chi connectivity index (χ0v) is 59.8. The highest BCUT2D eigenvalue weighted by Crippen LogP contribution is 2.64. The molecule has 3 nitrogen and oxygen atoms in total. The number of anilines is 3. The predicted octanol–water partition coefficient (Wildman–Crippen LogP) is 26.7. The molecule has 4 heterocycles. The Balaban J connectivity index is 1.12. The molecule has 0 radical (unpaired) electrons. The van der Waals surface area contributed by atoms with Crippen LogP contribution in [0.15, 0.2) is 212 Å². The van der Waals surface area contributed by atoms with Crippen LogP contribution in [0.4, 0.5) is 17.1 Å². The lowest BCUT2D eigenvalue weighted by atomic mass is 9.75. The molecular formula is C91H90N2OS. The number of ether oxygens (including phenoxy) is 1. The molecule has 0 spiro atoms. The van der Waals surface area contributed by atoms with E-state index in [1.54, 1.807) is 0 Å². The van der Waals surface area contributed by atoms with Crippen molar-refractivity contribution in [1.29, 1.82) is 0 Å². The summed E-state index contributed by atoms with van der Waals surface area (Å²) in [5.41, 5.74) is 27.3. The second-order valence-corrected chi connectivity index (χ2v) is 34.6. The molecule has 4 heteroatoms.